The van der Waals surface area contributed by atoms with Crippen LogP contribution in [0.15, 0.2) is 78.9 Å². The monoisotopic (exact) mass is 418 g/mol. The maximum Gasteiger partial charge on any atom is 0.227 e. The summed E-state index contributed by atoms with van der Waals surface area (Å²) in [5, 5.41) is 3.03. The zero-order valence-corrected chi connectivity index (χ0v) is 17.5. The molecule has 0 saturated carbocycles. The summed E-state index contributed by atoms with van der Waals surface area (Å²) in [4.78, 5) is 15.0. The van der Waals surface area contributed by atoms with E-state index >= 15 is 0 Å². The second-order valence-electron chi connectivity index (χ2n) is 7.96. The lowest BCUT2D eigenvalue weighted by Crippen LogP contribution is -2.37. The Labute approximate surface area is 182 Å². The molecule has 0 unspecified atom stereocenters. The minimum atomic E-state index is -0.213. The number of nitrogens with zero attached hydrogens (tertiary/aromatic N) is 1. The van der Waals surface area contributed by atoms with Crippen molar-refractivity contribution < 1.29 is 13.9 Å². The highest BCUT2D eigenvalue weighted by atomic mass is 19.1. The van der Waals surface area contributed by atoms with Gasteiger partial charge in [-0.15, -0.1) is 0 Å². The van der Waals surface area contributed by atoms with Crippen molar-refractivity contribution in [1.29, 1.82) is 0 Å². The molecule has 1 amide bonds. The number of carbonyl (C=O) groups excluding carboxylic acids is 1. The molecule has 5 heteroatoms. The van der Waals surface area contributed by atoms with Gasteiger partial charge in [0.25, 0.3) is 0 Å². The molecule has 0 radical (unpaired) electrons. The lowest BCUT2D eigenvalue weighted by molar-refractivity contribution is -0.121. The lowest BCUT2D eigenvalue weighted by Gasteiger charge is -2.31. The first kappa shape index (κ1) is 21.1. The van der Waals surface area contributed by atoms with Crippen molar-refractivity contribution in [3.63, 3.8) is 0 Å². The minimum Gasteiger partial charge on any atom is -0.489 e. The van der Waals surface area contributed by atoms with Crippen LogP contribution in [0.25, 0.3) is 0 Å². The predicted octanol–water partition coefficient (Wildman–Crippen LogP) is 5.26. The van der Waals surface area contributed by atoms with E-state index in [1.165, 1.54) is 12.1 Å². The zero-order chi connectivity index (χ0) is 21.5. The molecule has 160 valence electrons. The second-order valence-corrected chi connectivity index (χ2v) is 7.96. The van der Waals surface area contributed by atoms with E-state index in [-0.39, 0.29) is 17.6 Å². The van der Waals surface area contributed by atoms with Crippen LogP contribution < -0.4 is 10.1 Å². The Balaban J connectivity index is 1.22. The van der Waals surface area contributed by atoms with Gasteiger partial charge in [-0.05, 0) is 73.5 Å². The number of likely N-dealkylation sites (tertiary alicyclic amines) is 1. The van der Waals surface area contributed by atoms with E-state index in [2.05, 4.69) is 10.2 Å². The average Bonchev–Trinajstić information content (AvgIpc) is 2.81. The number of hydrogen-bond acceptors (Lipinski definition) is 3. The van der Waals surface area contributed by atoms with Crippen molar-refractivity contribution in [3.05, 3.63) is 95.8 Å². The third-order valence-electron chi connectivity index (χ3n) is 5.65. The Morgan fingerprint density at radius 2 is 1.58 bits per heavy atom. The Morgan fingerprint density at radius 1 is 0.903 bits per heavy atom. The number of piperidine rings is 1. The van der Waals surface area contributed by atoms with E-state index in [1.54, 1.807) is 0 Å². The molecule has 31 heavy (non-hydrogen) atoms. The summed E-state index contributed by atoms with van der Waals surface area (Å²) < 4.78 is 18.8. The first-order chi connectivity index (χ1) is 15.2. The highest BCUT2D eigenvalue weighted by molar-refractivity contribution is 5.92. The lowest BCUT2D eigenvalue weighted by atomic mass is 9.95. The third kappa shape index (κ3) is 6.15. The van der Waals surface area contributed by atoms with Gasteiger partial charge in [0, 0.05) is 18.2 Å². The Kier molecular flexibility index (Phi) is 6.95. The van der Waals surface area contributed by atoms with E-state index in [1.807, 2.05) is 66.7 Å². The van der Waals surface area contributed by atoms with Crippen LogP contribution in [-0.2, 0) is 17.9 Å². The quantitative estimate of drug-likeness (QED) is 0.569. The molecule has 1 N–H and O–H groups in total. The topological polar surface area (TPSA) is 41.6 Å². The van der Waals surface area contributed by atoms with Gasteiger partial charge >= 0.3 is 0 Å². The highest BCUT2D eigenvalue weighted by Gasteiger charge is 2.25. The molecule has 1 saturated heterocycles. The maximum absolute atomic E-state index is 13.1. The van der Waals surface area contributed by atoms with Gasteiger partial charge in [0.15, 0.2) is 0 Å². The summed E-state index contributed by atoms with van der Waals surface area (Å²) in [5.74, 6) is 0.642. The van der Waals surface area contributed by atoms with Crippen molar-refractivity contribution in [2.24, 2.45) is 5.92 Å². The zero-order valence-electron chi connectivity index (χ0n) is 17.5. The summed E-state index contributed by atoms with van der Waals surface area (Å²) >= 11 is 0. The number of carbonyl (C=O) groups is 1. The largest absolute Gasteiger partial charge is 0.489 e. The van der Waals surface area contributed by atoms with E-state index in [4.69, 9.17) is 4.74 Å². The van der Waals surface area contributed by atoms with Gasteiger partial charge in [-0.1, -0.05) is 42.5 Å². The van der Waals surface area contributed by atoms with Gasteiger partial charge < -0.3 is 10.1 Å². The van der Waals surface area contributed by atoms with E-state index in [0.29, 0.717) is 6.61 Å². The Morgan fingerprint density at radius 3 is 2.26 bits per heavy atom. The molecular formula is C26H27FN2O2. The fraction of sp³-hybridized carbons (Fsp3) is 0.269. The Hall–Kier alpha value is -3.18. The fourth-order valence-electron chi connectivity index (χ4n) is 3.82. The minimum absolute atomic E-state index is 0.0125. The van der Waals surface area contributed by atoms with Crippen LogP contribution in [0.2, 0.25) is 0 Å². The number of ether oxygens (including phenoxy) is 1. The first-order valence-corrected chi connectivity index (χ1v) is 10.7. The van der Waals surface area contributed by atoms with Crippen LogP contribution in [0, 0.1) is 11.7 Å². The molecule has 0 bridgehead atoms. The van der Waals surface area contributed by atoms with Crippen LogP contribution in [0.3, 0.4) is 0 Å². The summed E-state index contributed by atoms with van der Waals surface area (Å²) in [7, 11) is 0. The Bertz CT molecular complexity index is 967. The molecule has 0 aliphatic carbocycles. The van der Waals surface area contributed by atoms with Crippen molar-refractivity contribution in [2.45, 2.75) is 26.0 Å². The van der Waals surface area contributed by atoms with Crippen LogP contribution in [0.1, 0.15) is 24.0 Å². The molecule has 1 heterocycles. The van der Waals surface area contributed by atoms with Crippen molar-refractivity contribution in [2.75, 3.05) is 18.4 Å². The van der Waals surface area contributed by atoms with E-state index in [9.17, 15) is 9.18 Å². The number of rotatable bonds is 7. The van der Waals surface area contributed by atoms with Crippen LogP contribution in [0.5, 0.6) is 5.75 Å². The average molecular weight is 419 g/mol. The van der Waals surface area contributed by atoms with Crippen LogP contribution in [-0.4, -0.2) is 23.9 Å². The number of nitrogens with one attached hydrogen (secondary N) is 1. The van der Waals surface area contributed by atoms with Gasteiger partial charge in [-0.25, -0.2) is 4.39 Å². The summed E-state index contributed by atoms with van der Waals surface area (Å²) in [6.45, 7) is 3.03. The molecule has 3 aromatic rings. The van der Waals surface area contributed by atoms with Gasteiger partial charge in [0.1, 0.15) is 18.2 Å². The summed E-state index contributed by atoms with van der Waals surface area (Å²) in [5.41, 5.74) is 3.00. The molecule has 0 spiro atoms. The van der Waals surface area contributed by atoms with Crippen LogP contribution in [0.4, 0.5) is 10.1 Å². The molecule has 1 aliphatic rings. The molecule has 4 rings (SSSR count). The molecular weight excluding hydrogens is 391 g/mol. The van der Waals surface area contributed by atoms with Crippen LogP contribution >= 0.6 is 0 Å². The highest BCUT2D eigenvalue weighted by Crippen LogP contribution is 2.22. The predicted molar refractivity (Wildman–Crippen MR) is 120 cm³/mol. The van der Waals surface area contributed by atoms with Crippen molar-refractivity contribution >= 4 is 11.6 Å². The summed E-state index contributed by atoms with van der Waals surface area (Å²) in [6, 6.07) is 24.2. The number of anilines is 1. The smallest absolute Gasteiger partial charge is 0.227 e. The van der Waals surface area contributed by atoms with Gasteiger partial charge in [0.05, 0.1) is 0 Å². The van der Waals surface area contributed by atoms with Crippen molar-refractivity contribution in [1.82, 2.24) is 4.90 Å². The molecule has 1 fully saturated rings. The summed E-state index contributed by atoms with van der Waals surface area (Å²) in [6.07, 6.45) is 1.65. The SMILES string of the molecule is O=C(Nc1ccc(OCc2ccccc2)cc1)C1CCN(Cc2ccc(F)cc2)CC1. The number of amides is 1. The normalized spacial score (nSPS) is 14.9. The number of halogens is 1. The van der Waals surface area contributed by atoms with E-state index < -0.39 is 0 Å². The van der Waals surface area contributed by atoms with Crippen molar-refractivity contribution in [3.8, 4) is 5.75 Å². The maximum atomic E-state index is 13.1. The number of hydrogen-bond donors (Lipinski definition) is 1. The standard InChI is InChI=1S/C26H27FN2O2/c27-23-8-6-20(7-9-23)18-29-16-14-22(15-17-29)26(30)28-24-10-12-25(13-11-24)31-19-21-4-2-1-3-5-21/h1-13,22H,14-19H2,(H,28,30). The number of benzene rings is 3. The fourth-order valence-corrected chi connectivity index (χ4v) is 3.82. The van der Waals surface area contributed by atoms with Gasteiger partial charge in [-0.2, -0.15) is 0 Å². The first-order valence-electron chi connectivity index (χ1n) is 10.7. The molecule has 0 aromatic heterocycles. The second kappa shape index (κ2) is 10.2. The molecule has 3 aromatic carbocycles. The van der Waals surface area contributed by atoms with Gasteiger partial charge in [0.2, 0.25) is 5.91 Å². The molecule has 1 aliphatic heterocycles. The van der Waals surface area contributed by atoms with E-state index in [0.717, 1.165) is 55.0 Å². The molecule has 4 nitrogen and oxygen atoms in total. The third-order valence-corrected chi connectivity index (χ3v) is 5.65. The van der Waals surface area contributed by atoms with Gasteiger partial charge in [-0.3, -0.25) is 9.69 Å². The molecule has 0 atom stereocenters.